The summed E-state index contributed by atoms with van der Waals surface area (Å²) in [5.74, 6) is 0.437. The summed E-state index contributed by atoms with van der Waals surface area (Å²) in [5.41, 5.74) is 2.14. The molecule has 8 heteroatoms. The van der Waals surface area contributed by atoms with E-state index in [1.165, 1.54) is 17.3 Å². The Bertz CT molecular complexity index is 843. The van der Waals surface area contributed by atoms with E-state index in [9.17, 15) is 4.79 Å². The molecule has 0 fully saturated rings. The summed E-state index contributed by atoms with van der Waals surface area (Å²) in [7, 11) is 0. The van der Waals surface area contributed by atoms with Gasteiger partial charge in [-0.05, 0) is 52.4 Å². The first-order valence-electron chi connectivity index (χ1n) is 8.40. The number of hydrogen-bond acceptors (Lipinski definition) is 6. The number of carbonyl (C=O) groups excluding carboxylic acids is 1. The van der Waals surface area contributed by atoms with E-state index in [2.05, 4.69) is 46.8 Å². The minimum Gasteiger partial charge on any atom is -0.350 e. The molecule has 1 atom stereocenters. The number of nitrogens with zero attached hydrogens (tertiary/aromatic N) is 4. The lowest BCUT2D eigenvalue weighted by atomic mass is 10.0. The summed E-state index contributed by atoms with van der Waals surface area (Å²) >= 11 is 2.97. The largest absolute Gasteiger partial charge is 0.350 e. The quantitative estimate of drug-likeness (QED) is 0.627. The molecule has 0 spiro atoms. The third-order valence-corrected chi connectivity index (χ3v) is 5.82. The summed E-state index contributed by atoms with van der Waals surface area (Å²) < 4.78 is 1.66. The van der Waals surface area contributed by atoms with Crippen molar-refractivity contribution in [3.8, 4) is 5.69 Å². The SMILES string of the molecule is CC(C)c1ccc(-n2nnnc2S[C@@H](C)C(=O)NCc2cccs2)cc1. The van der Waals surface area contributed by atoms with Crippen molar-refractivity contribution < 1.29 is 4.79 Å². The Morgan fingerprint density at radius 3 is 2.65 bits per heavy atom. The van der Waals surface area contributed by atoms with Gasteiger partial charge in [-0.1, -0.05) is 43.8 Å². The molecule has 26 heavy (non-hydrogen) atoms. The second-order valence-corrected chi connectivity index (χ2v) is 8.52. The zero-order valence-electron chi connectivity index (χ0n) is 14.9. The van der Waals surface area contributed by atoms with Crippen molar-refractivity contribution in [2.24, 2.45) is 0 Å². The average Bonchev–Trinajstić information content (AvgIpc) is 3.31. The average molecular weight is 388 g/mol. The van der Waals surface area contributed by atoms with Crippen LogP contribution in [0.4, 0.5) is 0 Å². The molecule has 136 valence electrons. The highest BCUT2D eigenvalue weighted by atomic mass is 32.2. The Kier molecular flexibility index (Phi) is 6.05. The Hall–Kier alpha value is -2.19. The first-order chi connectivity index (χ1) is 12.5. The predicted octanol–water partition coefficient (Wildman–Crippen LogP) is 3.64. The number of hydrogen-bond donors (Lipinski definition) is 1. The van der Waals surface area contributed by atoms with Crippen LogP contribution in [-0.2, 0) is 11.3 Å². The smallest absolute Gasteiger partial charge is 0.233 e. The predicted molar refractivity (Wildman–Crippen MR) is 105 cm³/mol. The number of carbonyl (C=O) groups is 1. The molecule has 2 heterocycles. The lowest BCUT2D eigenvalue weighted by Gasteiger charge is -2.12. The van der Waals surface area contributed by atoms with Gasteiger partial charge in [-0.2, -0.15) is 4.68 Å². The van der Waals surface area contributed by atoms with Crippen molar-refractivity contribution in [2.75, 3.05) is 0 Å². The van der Waals surface area contributed by atoms with Crippen molar-refractivity contribution in [3.63, 3.8) is 0 Å². The van der Waals surface area contributed by atoms with Crippen molar-refractivity contribution >= 4 is 29.0 Å². The summed E-state index contributed by atoms with van der Waals surface area (Å²) in [4.78, 5) is 13.5. The molecule has 1 amide bonds. The van der Waals surface area contributed by atoms with E-state index < -0.39 is 0 Å². The zero-order chi connectivity index (χ0) is 18.5. The van der Waals surface area contributed by atoms with Crippen LogP contribution in [0.3, 0.4) is 0 Å². The van der Waals surface area contributed by atoms with Gasteiger partial charge in [0.2, 0.25) is 11.1 Å². The molecular weight excluding hydrogens is 366 g/mol. The second-order valence-electron chi connectivity index (χ2n) is 6.18. The van der Waals surface area contributed by atoms with Gasteiger partial charge in [0.1, 0.15) is 0 Å². The maximum Gasteiger partial charge on any atom is 0.233 e. The highest BCUT2D eigenvalue weighted by Gasteiger charge is 2.19. The number of rotatable bonds is 7. The van der Waals surface area contributed by atoms with Crippen molar-refractivity contribution in [3.05, 3.63) is 52.2 Å². The van der Waals surface area contributed by atoms with Crippen LogP contribution >= 0.6 is 23.1 Å². The third-order valence-electron chi connectivity index (χ3n) is 3.91. The van der Waals surface area contributed by atoms with Crippen LogP contribution < -0.4 is 5.32 Å². The number of aromatic nitrogens is 4. The molecule has 1 N–H and O–H groups in total. The fourth-order valence-corrected chi connectivity index (χ4v) is 3.83. The van der Waals surface area contributed by atoms with Crippen molar-refractivity contribution in [1.29, 1.82) is 0 Å². The normalized spacial score (nSPS) is 12.3. The molecule has 1 aromatic carbocycles. The topological polar surface area (TPSA) is 72.7 Å². The number of nitrogens with one attached hydrogen (secondary N) is 1. The lowest BCUT2D eigenvalue weighted by Crippen LogP contribution is -2.30. The van der Waals surface area contributed by atoms with E-state index in [0.717, 1.165) is 10.6 Å². The molecule has 0 saturated heterocycles. The minimum atomic E-state index is -0.297. The molecule has 0 unspecified atom stereocenters. The van der Waals surface area contributed by atoms with Gasteiger partial charge >= 0.3 is 0 Å². The summed E-state index contributed by atoms with van der Waals surface area (Å²) in [6, 6.07) is 12.1. The van der Waals surface area contributed by atoms with Crippen LogP contribution in [0.25, 0.3) is 5.69 Å². The number of benzene rings is 1. The molecule has 0 aliphatic rings. The summed E-state index contributed by atoms with van der Waals surface area (Å²) in [6.07, 6.45) is 0. The van der Waals surface area contributed by atoms with Gasteiger partial charge in [-0.25, -0.2) is 0 Å². The van der Waals surface area contributed by atoms with Crippen molar-refractivity contribution in [2.45, 2.75) is 43.6 Å². The standard InChI is InChI=1S/C18H21N5OS2/c1-12(2)14-6-8-15(9-7-14)23-18(20-21-22-23)26-13(3)17(24)19-11-16-5-4-10-25-16/h4-10,12-13H,11H2,1-3H3,(H,19,24)/t13-/m0/s1. The van der Waals surface area contributed by atoms with E-state index in [0.29, 0.717) is 17.6 Å². The molecule has 0 bridgehead atoms. The molecule has 6 nitrogen and oxygen atoms in total. The van der Waals surface area contributed by atoms with Crippen LogP contribution in [-0.4, -0.2) is 31.4 Å². The van der Waals surface area contributed by atoms with E-state index in [1.54, 1.807) is 16.0 Å². The number of thiophene rings is 1. The van der Waals surface area contributed by atoms with Crippen LogP contribution in [0, 0.1) is 0 Å². The third kappa shape index (κ3) is 4.50. The lowest BCUT2D eigenvalue weighted by molar-refractivity contribution is -0.120. The minimum absolute atomic E-state index is 0.0342. The van der Waals surface area contributed by atoms with Crippen molar-refractivity contribution in [1.82, 2.24) is 25.5 Å². The Morgan fingerprint density at radius 2 is 2.00 bits per heavy atom. The highest BCUT2D eigenvalue weighted by Crippen LogP contribution is 2.24. The first-order valence-corrected chi connectivity index (χ1v) is 10.2. The monoisotopic (exact) mass is 387 g/mol. The van der Waals surface area contributed by atoms with Gasteiger partial charge in [-0.15, -0.1) is 16.4 Å². The zero-order valence-corrected chi connectivity index (χ0v) is 16.5. The van der Waals surface area contributed by atoms with Crippen LogP contribution in [0.15, 0.2) is 46.9 Å². The molecule has 0 aliphatic carbocycles. The van der Waals surface area contributed by atoms with Crippen LogP contribution in [0.2, 0.25) is 0 Å². The molecule has 3 rings (SSSR count). The maximum atomic E-state index is 12.3. The van der Waals surface area contributed by atoms with Gasteiger partial charge < -0.3 is 5.32 Å². The Morgan fingerprint density at radius 1 is 1.23 bits per heavy atom. The summed E-state index contributed by atoms with van der Waals surface area (Å²) in [5, 5.41) is 17.2. The Labute approximate surface area is 161 Å². The van der Waals surface area contributed by atoms with Gasteiger partial charge in [0.25, 0.3) is 0 Å². The first kappa shape index (κ1) is 18.6. The van der Waals surface area contributed by atoms with E-state index >= 15 is 0 Å². The maximum absolute atomic E-state index is 12.3. The second kappa shape index (κ2) is 8.46. The number of tetrazole rings is 1. The van der Waals surface area contributed by atoms with Crippen LogP contribution in [0.1, 0.15) is 37.1 Å². The van der Waals surface area contributed by atoms with E-state index in [-0.39, 0.29) is 11.2 Å². The highest BCUT2D eigenvalue weighted by molar-refractivity contribution is 8.00. The molecule has 2 aromatic heterocycles. The van der Waals surface area contributed by atoms with E-state index in [4.69, 9.17) is 0 Å². The molecule has 0 radical (unpaired) electrons. The Balaban J connectivity index is 1.65. The fourth-order valence-electron chi connectivity index (χ4n) is 2.36. The molecule has 0 saturated carbocycles. The number of amides is 1. The van der Waals surface area contributed by atoms with E-state index in [1.807, 2.05) is 36.6 Å². The fraction of sp³-hybridized carbons (Fsp3) is 0.333. The van der Waals surface area contributed by atoms with Gasteiger partial charge in [0, 0.05) is 4.88 Å². The van der Waals surface area contributed by atoms with Gasteiger partial charge in [-0.3, -0.25) is 4.79 Å². The van der Waals surface area contributed by atoms with Crippen LogP contribution in [0.5, 0.6) is 0 Å². The summed E-state index contributed by atoms with van der Waals surface area (Å²) in [6.45, 7) is 6.71. The van der Waals surface area contributed by atoms with Gasteiger partial charge in [0.05, 0.1) is 17.5 Å². The van der Waals surface area contributed by atoms with Gasteiger partial charge in [0.15, 0.2) is 0 Å². The molecule has 0 aliphatic heterocycles. The molecule has 3 aromatic rings. The number of thioether (sulfide) groups is 1. The molecular formula is C18H21N5OS2.